The Labute approximate surface area is 594 Å². The second-order valence-electron chi connectivity index (χ2n) is 25.9. The van der Waals surface area contributed by atoms with Crippen LogP contribution in [0, 0.1) is 0 Å². The first-order valence-corrected chi connectivity index (χ1v) is 35.5. The number of nitrogens with zero attached hydrogens (tertiary/aromatic N) is 4. The van der Waals surface area contributed by atoms with E-state index in [1.807, 2.05) is 23.5 Å². The van der Waals surface area contributed by atoms with Crippen LogP contribution in [0.15, 0.2) is 393 Å². The van der Waals surface area contributed by atoms with Gasteiger partial charge in [0.2, 0.25) is 0 Å². The van der Waals surface area contributed by atoms with Gasteiger partial charge in [-0.2, -0.15) is 0 Å². The average molecular weight is 1320 g/mol. The molecule has 0 fully saturated rings. The van der Waals surface area contributed by atoms with Crippen LogP contribution >= 0.6 is 11.3 Å². The van der Waals surface area contributed by atoms with Crippen LogP contribution < -0.4 is 9.80 Å². The van der Waals surface area contributed by atoms with Crippen LogP contribution in [-0.2, 0) is 0 Å². The molecule has 0 atom stereocenters. The highest BCUT2D eigenvalue weighted by Crippen LogP contribution is 2.45. The molecule has 5 nitrogen and oxygen atoms in total. The summed E-state index contributed by atoms with van der Waals surface area (Å²) < 4.78 is 13.9. The number of thiophene rings is 1. The Hall–Kier alpha value is -13.3. The van der Waals surface area contributed by atoms with Gasteiger partial charge in [-0.25, -0.2) is 0 Å². The molecule has 4 aromatic heterocycles. The van der Waals surface area contributed by atoms with Crippen molar-refractivity contribution in [3.63, 3.8) is 0 Å². The summed E-state index contributed by atoms with van der Waals surface area (Å²) in [6, 6.07) is 139. The minimum atomic E-state index is 0.918. The summed E-state index contributed by atoms with van der Waals surface area (Å²) in [6.45, 7) is 0. The van der Waals surface area contributed by atoms with Crippen molar-refractivity contribution in [3.05, 3.63) is 388 Å². The zero-order valence-corrected chi connectivity index (χ0v) is 56.4. The van der Waals surface area contributed by atoms with Gasteiger partial charge < -0.3 is 23.4 Å². The fourth-order valence-electron chi connectivity index (χ4n) is 15.2. The van der Waals surface area contributed by atoms with E-state index in [1.54, 1.807) is 0 Å². The second-order valence-corrected chi connectivity index (χ2v) is 27.0. The van der Waals surface area contributed by atoms with Crippen molar-refractivity contribution in [1.82, 2.24) is 9.13 Å². The van der Waals surface area contributed by atoms with Crippen molar-refractivity contribution in [2.45, 2.75) is 0 Å². The lowest BCUT2D eigenvalue weighted by Gasteiger charge is -2.25. The van der Waals surface area contributed by atoms with E-state index in [2.05, 4.69) is 395 Å². The molecule has 6 heteroatoms. The molecule has 0 spiro atoms. The van der Waals surface area contributed by atoms with E-state index >= 15 is 0 Å². The van der Waals surface area contributed by atoms with Crippen LogP contribution in [-0.4, -0.2) is 9.13 Å². The van der Waals surface area contributed by atoms with Crippen LogP contribution in [0.25, 0.3) is 142 Å². The zero-order chi connectivity index (χ0) is 67.5. The number of benzene rings is 16. The smallest absolute Gasteiger partial charge is 0.145 e. The lowest BCUT2D eigenvalue weighted by atomic mass is 10.00. The van der Waals surface area contributed by atoms with Gasteiger partial charge in [-0.1, -0.05) is 243 Å². The standard InChI is InChI=1S/C48H32N2O.C48H32N2S/c1-3-11-37(12-4-1)49(38-13-5-2-6-14-38)39-27-23-35(24-28-39)33-19-21-34(22-20-33)36-25-29-40(30-26-36)50-44-17-9-7-16-43(44)47-45(50)32-31-42-41-15-8-10-18-46(41)51-48(42)47;1-3-12-36(13-4-1)49(37-14-5-2-6-15-37)38-27-22-33(23-28-38)34-24-29-39(30-25-34)50-45-20-9-7-16-41(45)44-32-35(26-31-46(44)50)40-18-11-19-43-42-17-8-10-21-47(42)51-48(40)43/h2*1-32H. The summed E-state index contributed by atoms with van der Waals surface area (Å²) >= 11 is 1.89. The molecule has 0 aliphatic rings. The number of anilines is 6. The Kier molecular flexibility index (Phi) is 15.0. The molecule has 0 unspecified atom stereocenters. The Bertz CT molecular complexity index is 6360. The normalized spacial score (nSPS) is 11.5. The van der Waals surface area contributed by atoms with Crippen LogP contribution in [0.5, 0.6) is 0 Å². The van der Waals surface area contributed by atoms with Gasteiger partial charge in [0, 0.05) is 92.6 Å². The van der Waals surface area contributed by atoms with Crippen LogP contribution in [0.2, 0.25) is 0 Å². The first-order valence-electron chi connectivity index (χ1n) is 34.7. The van der Waals surface area contributed by atoms with E-state index in [0.717, 1.165) is 78.3 Å². The largest absolute Gasteiger partial charge is 0.455 e. The third kappa shape index (κ3) is 10.6. The molecule has 20 aromatic rings. The third-order valence-electron chi connectivity index (χ3n) is 20.0. The summed E-state index contributed by atoms with van der Waals surface area (Å²) in [4.78, 5) is 4.58. The van der Waals surface area contributed by atoms with Gasteiger partial charge >= 0.3 is 0 Å². The lowest BCUT2D eigenvalue weighted by molar-refractivity contribution is 0.673. The first-order chi connectivity index (χ1) is 50.6. The van der Waals surface area contributed by atoms with E-state index < -0.39 is 0 Å². The maximum atomic E-state index is 6.48. The summed E-state index contributed by atoms with van der Waals surface area (Å²) in [5.41, 5.74) is 25.3. The highest BCUT2D eigenvalue weighted by Gasteiger charge is 2.21. The van der Waals surface area contributed by atoms with Gasteiger partial charge in [0.05, 0.1) is 27.5 Å². The minimum Gasteiger partial charge on any atom is -0.455 e. The summed E-state index contributed by atoms with van der Waals surface area (Å²) in [5.74, 6) is 0. The number of aromatic nitrogens is 2. The quantitative estimate of drug-likeness (QED) is 0.122. The molecule has 0 aliphatic carbocycles. The fourth-order valence-corrected chi connectivity index (χ4v) is 16.4. The molecule has 0 amide bonds. The number of hydrogen-bond acceptors (Lipinski definition) is 4. The maximum Gasteiger partial charge on any atom is 0.145 e. The third-order valence-corrected chi connectivity index (χ3v) is 21.2. The van der Waals surface area contributed by atoms with Crippen molar-refractivity contribution >= 4 is 131 Å². The van der Waals surface area contributed by atoms with Crippen LogP contribution in [0.1, 0.15) is 0 Å². The zero-order valence-electron chi connectivity index (χ0n) is 55.6. The first kappa shape index (κ1) is 60.0. The second kappa shape index (κ2) is 25.5. The highest BCUT2D eigenvalue weighted by molar-refractivity contribution is 7.26. The highest BCUT2D eigenvalue weighted by atomic mass is 32.1. The molecule has 0 saturated heterocycles. The minimum absolute atomic E-state index is 0.918. The van der Waals surface area contributed by atoms with E-state index in [9.17, 15) is 0 Å². The molecule has 16 aromatic carbocycles. The van der Waals surface area contributed by atoms with E-state index in [4.69, 9.17) is 4.42 Å². The molecular weight excluding hydrogens is 1260 g/mol. The maximum absolute atomic E-state index is 6.48. The molecule has 0 aliphatic heterocycles. The molecule has 4 heterocycles. The molecule has 0 N–H and O–H groups in total. The molecular formula is C96H64N4OS. The molecule has 0 radical (unpaired) electrons. The van der Waals surface area contributed by atoms with E-state index in [0.29, 0.717) is 0 Å². The Balaban J connectivity index is 0.000000141. The van der Waals surface area contributed by atoms with E-state index in [-0.39, 0.29) is 0 Å². The SMILES string of the molecule is c1ccc(N(c2ccccc2)c2ccc(-c3ccc(-c4ccc(-n5c6ccccc6c6c7oc8ccccc8c7ccc65)cc4)cc3)cc2)cc1.c1ccc(N(c2ccccc2)c2ccc(-c3ccc(-n4c5ccccc5c5cc(-c6cccc7c6sc6ccccc67)ccc54)cc3)cc2)cc1. The van der Waals surface area contributed by atoms with Gasteiger partial charge in [-0.05, 0) is 190 Å². The van der Waals surface area contributed by atoms with Crippen molar-refractivity contribution < 1.29 is 4.42 Å². The van der Waals surface area contributed by atoms with Gasteiger partial charge in [-0.15, -0.1) is 11.3 Å². The molecule has 102 heavy (non-hydrogen) atoms. The predicted molar refractivity (Wildman–Crippen MR) is 433 cm³/mol. The molecule has 480 valence electrons. The lowest BCUT2D eigenvalue weighted by Crippen LogP contribution is -2.09. The Morgan fingerprint density at radius 1 is 0.235 bits per heavy atom. The van der Waals surface area contributed by atoms with Crippen molar-refractivity contribution in [2.24, 2.45) is 0 Å². The molecule has 0 saturated carbocycles. The van der Waals surface area contributed by atoms with Crippen LogP contribution in [0.3, 0.4) is 0 Å². The number of fused-ring (bicyclic) bond motifs is 13. The summed E-state index contributed by atoms with van der Waals surface area (Å²) in [6.07, 6.45) is 0. The van der Waals surface area contributed by atoms with Crippen molar-refractivity contribution in [1.29, 1.82) is 0 Å². The Morgan fingerprint density at radius 3 is 1.14 bits per heavy atom. The van der Waals surface area contributed by atoms with Gasteiger partial charge in [0.1, 0.15) is 11.2 Å². The van der Waals surface area contributed by atoms with Gasteiger partial charge in [0.15, 0.2) is 0 Å². The van der Waals surface area contributed by atoms with Crippen LogP contribution in [0.4, 0.5) is 34.1 Å². The van der Waals surface area contributed by atoms with Gasteiger partial charge in [0.25, 0.3) is 0 Å². The predicted octanol–water partition coefficient (Wildman–Crippen LogP) is 27.4. The topological polar surface area (TPSA) is 29.5 Å². The summed E-state index contributed by atoms with van der Waals surface area (Å²) in [5, 5.41) is 9.83. The molecule has 0 bridgehead atoms. The fraction of sp³-hybridized carbons (Fsp3) is 0. The number of para-hydroxylation sites is 7. The number of hydrogen-bond donors (Lipinski definition) is 0. The number of rotatable bonds is 12. The van der Waals surface area contributed by atoms with Gasteiger partial charge in [-0.3, -0.25) is 0 Å². The van der Waals surface area contributed by atoms with Crippen molar-refractivity contribution in [2.75, 3.05) is 9.80 Å². The van der Waals surface area contributed by atoms with Crippen molar-refractivity contribution in [3.8, 4) is 55.9 Å². The summed E-state index contributed by atoms with van der Waals surface area (Å²) in [7, 11) is 0. The van der Waals surface area contributed by atoms with E-state index in [1.165, 1.54) is 97.4 Å². The monoisotopic (exact) mass is 1320 g/mol. The Morgan fingerprint density at radius 2 is 0.608 bits per heavy atom. The average Bonchev–Trinajstić information content (AvgIpc) is 1.57. The number of furan rings is 1. The molecule has 20 rings (SSSR count).